The average Bonchev–Trinajstić information content (AvgIpc) is 2.60. The molecule has 4 heteroatoms. The van der Waals surface area contributed by atoms with E-state index < -0.39 is 0 Å². The topological polar surface area (TPSA) is 64.3 Å². The van der Waals surface area contributed by atoms with Gasteiger partial charge in [0.2, 0.25) is 5.91 Å². The van der Waals surface area contributed by atoms with Crippen molar-refractivity contribution in [1.82, 2.24) is 5.32 Å². The van der Waals surface area contributed by atoms with Gasteiger partial charge in [0.1, 0.15) is 6.04 Å². The lowest BCUT2D eigenvalue weighted by Gasteiger charge is -2.25. The molecule has 1 amide bonds. The van der Waals surface area contributed by atoms with Gasteiger partial charge < -0.3 is 15.8 Å². The number of amides is 1. The Labute approximate surface area is 91.5 Å². The molecule has 4 atom stereocenters. The fourth-order valence-electron chi connectivity index (χ4n) is 1.88. The van der Waals surface area contributed by atoms with Gasteiger partial charge in [0.05, 0.1) is 12.2 Å². The highest BCUT2D eigenvalue weighted by molar-refractivity contribution is 5.80. The summed E-state index contributed by atoms with van der Waals surface area (Å²) in [4.78, 5) is 11.3. The molecule has 0 aromatic carbocycles. The van der Waals surface area contributed by atoms with Gasteiger partial charge in [-0.3, -0.25) is 4.79 Å². The molecule has 1 heterocycles. The van der Waals surface area contributed by atoms with Crippen LogP contribution in [0.2, 0.25) is 0 Å². The summed E-state index contributed by atoms with van der Waals surface area (Å²) in [6.07, 6.45) is 3.10. The lowest BCUT2D eigenvalue weighted by Crippen LogP contribution is -2.52. The molecule has 0 spiro atoms. The van der Waals surface area contributed by atoms with Crippen LogP contribution in [0.15, 0.2) is 0 Å². The molecule has 1 fully saturated rings. The molecule has 0 saturated carbocycles. The van der Waals surface area contributed by atoms with Crippen LogP contribution in [-0.4, -0.2) is 30.2 Å². The molecule has 4 unspecified atom stereocenters. The molecule has 1 aliphatic heterocycles. The van der Waals surface area contributed by atoms with Crippen molar-refractivity contribution in [3.63, 3.8) is 0 Å². The Morgan fingerprint density at radius 2 is 2.27 bits per heavy atom. The van der Waals surface area contributed by atoms with E-state index in [-0.39, 0.29) is 24.2 Å². The summed E-state index contributed by atoms with van der Waals surface area (Å²) in [5, 5.41) is 3.23. The number of ether oxygens (including phenoxy) is 1. The molecule has 3 N–H and O–H groups in total. The molecule has 0 aliphatic carbocycles. The zero-order valence-corrected chi connectivity index (χ0v) is 9.82. The summed E-state index contributed by atoms with van der Waals surface area (Å²) in [6, 6.07) is -0.0492. The van der Waals surface area contributed by atoms with Crippen molar-refractivity contribution in [2.24, 2.45) is 5.73 Å². The van der Waals surface area contributed by atoms with Crippen molar-refractivity contribution in [3.8, 4) is 0 Å². The molecule has 1 aliphatic rings. The van der Waals surface area contributed by atoms with Crippen LogP contribution in [0.25, 0.3) is 0 Å². The van der Waals surface area contributed by atoms with Gasteiger partial charge in [-0.2, -0.15) is 0 Å². The minimum Gasteiger partial charge on any atom is -0.373 e. The third-order valence-electron chi connectivity index (χ3n) is 3.02. The Morgan fingerprint density at radius 1 is 1.60 bits per heavy atom. The van der Waals surface area contributed by atoms with E-state index in [1.54, 1.807) is 0 Å². The molecular formula is C11H22N2O2. The van der Waals surface area contributed by atoms with Crippen LogP contribution in [-0.2, 0) is 9.53 Å². The maximum Gasteiger partial charge on any atom is 0.237 e. The van der Waals surface area contributed by atoms with Gasteiger partial charge in [0, 0.05) is 6.04 Å². The van der Waals surface area contributed by atoms with Gasteiger partial charge >= 0.3 is 0 Å². The highest BCUT2D eigenvalue weighted by atomic mass is 16.5. The first-order chi connectivity index (χ1) is 7.04. The van der Waals surface area contributed by atoms with E-state index in [9.17, 15) is 4.79 Å². The molecule has 1 rings (SSSR count). The fraction of sp³-hybridized carbons (Fsp3) is 0.909. The number of carbonyl (C=O) groups excluding carboxylic acids is 1. The van der Waals surface area contributed by atoms with Crippen molar-refractivity contribution in [2.75, 3.05) is 0 Å². The molecule has 0 aromatic rings. The van der Waals surface area contributed by atoms with E-state index in [1.165, 1.54) is 0 Å². The second-order valence-electron chi connectivity index (χ2n) is 4.42. The SMILES string of the molecule is CCC(C)NC(C(N)=O)C1CCC(C)O1. The van der Waals surface area contributed by atoms with Crippen molar-refractivity contribution in [2.45, 2.75) is 64.3 Å². The summed E-state index contributed by atoms with van der Waals surface area (Å²) in [5.74, 6) is -0.311. The molecule has 0 bridgehead atoms. The average molecular weight is 214 g/mol. The van der Waals surface area contributed by atoms with Crippen LogP contribution in [0.1, 0.15) is 40.0 Å². The number of nitrogens with one attached hydrogen (secondary N) is 1. The molecule has 1 saturated heterocycles. The maximum absolute atomic E-state index is 11.3. The third kappa shape index (κ3) is 3.47. The first-order valence-corrected chi connectivity index (χ1v) is 5.75. The van der Waals surface area contributed by atoms with Gasteiger partial charge in [-0.15, -0.1) is 0 Å². The van der Waals surface area contributed by atoms with Crippen LogP contribution in [0.3, 0.4) is 0 Å². The summed E-state index contributed by atoms with van der Waals surface area (Å²) >= 11 is 0. The van der Waals surface area contributed by atoms with E-state index in [0.29, 0.717) is 6.04 Å². The Bertz CT molecular complexity index is 221. The van der Waals surface area contributed by atoms with Crippen LogP contribution >= 0.6 is 0 Å². The number of hydrogen-bond donors (Lipinski definition) is 2. The van der Waals surface area contributed by atoms with E-state index in [1.807, 2.05) is 13.8 Å². The fourth-order valence-corrected chi connectivity index (χ4v) is 1.88. The normalized spacial score (nSPS) is 30.1. The smallest absolute Gasteiger partial charge is 0.237 e. The first-order valence-electron chi connectivity index (χ1n) is 5.75. The highest BCUT2D eigenvalue weighted by Crippen LogP contribution is 2.22. The molecule has 88 valence electrons. The van der Waals surface area contributed by atoms with Gasteiger partial charge in [0.25, 0.3) is 0 Å². The molecule has 15 heavy (non-hydrogen) atoms. The van der Waals surface area contributed by atoms with E-state index in [0.717, 1.165) is 19.3 Å². The van der Waals surface area contributed by atoms with Crippen molar-refractivity contribution in [1.29, 1.82) is 0 Å². The summed E-state index contributed by atoms with van der Waals surface area (Å²) in [6.45, 7) is 6.16. The largest absolute Gasteiger partial charge is 0.373 e. The Hall–Kier alpha value is -0.610. The quantitative estimate of drug-likeness (QED) is 0.711. The van der Waals surface area contributed by atoms with E-state index in [4.69, 9.17) is 10.5 Å². The number of primary amides is 1. The van der Waals surface area contributed by atoms with Gasteiger partial charge in [-0.25, -0.2) is 0 Å². The zero-order valence-electron chi connectivity index (χ0n) is 9.82. The minimum absolute atomic E-state index is 0.0495. The summed E-state index contributed by atoms with van der Waals surface area (Å²) in [5.41, 5.74) is 5.38. The number of hydrogen-bond acceptors (Lipinski definition) is 3. The minimum atomic E-state index is -0.343. The second kappa shape index (κ2) is 5.47. The third-order valence-corrected chi connectivity index (χ3v) is 3.02. The van der Waals surface area contributed by atoms with Crippen LogP contribution in [0, 0.1) is 0 Å². The zero-order chi connectivity index (χ0) is 11.4. The second-order valence-corrected chi connectivity index (χ2v) is 4.42. The Kier molecular flexibility index (Phi) is 4.54. The molecule has 0 radical (unpaired) electrons. The van der Waals surface area contributed by atoms with Crippen molar-refractivity contribution in [3.05, 3.63) is 0 Å². The van der Waals surface area contributed by atoms with Crippen LogP contribution in [0.5, 0.6) is 0 Å². The Morgan fingerprint density at radius 3 is 2.67 bits per heavy atom. The monoisotopic (exact) mass is 214 g/mol. The Balaban J connectivity index is 2.54. The summed E-state index contributed by atoms with van der Waals surface area (Å²) < 4.78 is 5.67. The van der Waals surface area contributed by atoms with Gasteiger partial charge in [-0.1, -0.05) is 6.92 Å². The lowest BCUT2D eigenvalue weighted by atomic mass is 10.1. The van der Waals surface area contributed by atoms with Gasteiger partial charge in [0.15, 0.2) is 0 Å². The molecule has 4 nitrogen and oxygen atoms in total. The number of carbonyl (C=O) groups is 1. The van der Waals surface area contributed by atoms with Crippen LogP contribution in [0.4, 0.5) is 0 Å². The van der Waals surface area contributed by atoms with E-state index >= 15 is 0 Å². The van der Waals surface area contributed by atoms with Crippen molar-refractivity contribution < 1.29 is 9.53 Å². The summed E-state index contributed by atoms with van der Waals surface area (Å²) in [7, 11) is 0. The van der Waals surface area contributed by atoms with Crippen LogP contribution < -0.4 is 11.1 Å². The predicted octanol–water partition coefficient (Wildman–Crippen LogP) is 0.796. The predicted molar refractivity (Wildman–Crippen MR) is 59.4 cm³/mol. The van der Waals surface area contributed by atoms with Gasteiger partial charge in [-0.05, 0) is 33.1 Å². The lowest BCUT2D eigenvalue weighted by molar-refractivity contribution is -0.123. The number of nitrogens with two attached hydrogens (primary N) is 1. The van der Waals surface area contributed by atoms with E-state index in [2.05, 4.69) is 12.2 Å². The molecular weight excluding hydrogens is 192 g/mol. The first kappa shape index (κ1) is 12.5. The molecule has 0 aromatic heterocycles. The standard InChI is InChI=1S/C11H22N2O2/c1-4-7(2)13-10(11(12)14)9-6-5-8(3)15-9/h7-10,13H,4-6H2,1-3H3,(H2,12,14). The maximum atomic E-state index is 11.3. The highest BCUT2D eigenvalue weighted by Gasteiger charge is 2.33. The number of rotatable bonds is 5. The van der Waals surface area contributed by atoms with Crippen molar-refractivity contribution >= 4 is 5.91 Å².